The van der Waals surface area contributed by atoms with Crippen molar-refractivity contribution < 1.29 is 14.5 Å². The van der Waals surface area contributed by atoms with Crippen LogP contribution in [0.2, 0.25) is 0 Å². The molecule has 0 spiro atoms. The second-order valence-corrected chi connectivity index (χ2v) is 5.22. The SMILES string of the molecule is CN(N=Nc1ccc(Br)cc1)C(=O)Oc1ccc([N+](=O)[O-])cc1. The summed E-state index contributed by atoms with van der Waals surface area (Å²) in [6.07, 6.45) is -0.764. The van der Waals surface area contributed by atoms with Gasteiger partial charge in [0.05, 0.1) is 10.6 Å². The molecule has 0 unspecified atom stereocenters. The topological polar surface area (TPSA) is 97.4 Å². The predicted octanol–water partition coefficient (Wildman–Crippen LogP) is 4.49. The monoisotopic (exact) mass is 378 g/mol. The van der Waals surface area contributed by atoms with Crippen molar-refractivity contribution in [2.24, 2.45) is 10.3 Å². The number of nitro benzene ring substituents is 1. The molecule has 0 heterocycles. The van der Waals surface area contributed by atoms with Crippen LogP contribution in [0.3, 0.4) is 0 Å². The first kappa shape index (κ1) is 16.6. The molecule has 0 saturated heterocycles. The highest BCUT2D eigenvalue weighted by atomic mass is 79.9. The third-order valence-electron chi connectivity index (χ3n) is 2.64. The van der Waals surface area contributed by atoms with E-state index in [1.807, 2.05) is 0 Å². The molecule has 0 radical (unpaired) electrons. The van der Waals surface area contributed by atoms with Crippen molar-refractivity contribution in [3.05, 3.63) is 63.1 Å². The lowest BCUT2D eigenvalue weighted by Gasteiger charge is -2.09. The molecule has 23 heavy (non-hydrogen) atoms. The molecule has 0 N–H and O–H groups in total. The maximum atomic E-state index is 11.8. The number of halogens is 1. The van der Waals surface area contributed by atoms with E-state index in [4.69, 9.17) is 4.74 Å². The molecule has 0 aromatic heterocycles. The zero-order valence-corrected chi connectivity index (χ0v) is 13.5. The molecule has 0 atom stereocenters. The van der Waals surface area contributed by atoms with Crippen molar-refractivity contribution in [2.45, 2.75) is 0 Å². The highest BCUT2D eigenvalue weighted by molar-refractivity contribution is 9.10. The minimum atomic E-state index is -0.764. The molecular formula is C14H11BrN4O4. The lowest BCUT2D eigenvalue weighted by Crippen LogP contribution is -2.24. The van der Waals surface area contributed by atoms with Crippen molar-refractivity contribution >= 4 is 33.4 Å². The Hall–Kier alpha value is -2.81. The first-order chi connectivity index (χ1) is 11.0. The van der Waals surface area contributed by atoms with E-state index in [2.05, 4.69) is 26.3 Å². The van der Waals surface area contributed by atoms with Gasteiger partial charge in [0.15, 0.2) is 0 Å². The van der Waals surface area contributed by atoms with E-state index in [1.54, 1.807) is 24.3 Å². The summed E-state index contributed by atoms with van der Waals surface area (Å²) in [7, 11) is 1.38. The standard InChI is InChI=1S/C14H11BrN4O4/c1-18(17-16-11-4-2-10(15)3-5-11)14(20)23-13-8-6-12(7-9-13)19(21)22/h2-9H,1H3. The van der Waals surface area contributed by atoms with E-state index in [0.29, 0.717) is 5.69 Å². The first-order valence-corrected chi connectivity index (χ1v) is 7.12. The average molecular weight is 379 g/mol. The summed E-state index contributed by atoms with van der Waals surface area (Å²) >= 11 is 3.30. The van der Waals surface area contributed by atoms with E-state index in [1.165, 1.54) is 31.3 Å². The number of nitro groups is 1. The molecule has 2 aromatic carbocycles. The van der Waals surface area contributed by atoms with Crippen LogP contribution in [0.5, 0.6) is 5.75 Å². The highest BCUT2D eigenvalue weighted by Crippen LogP contribution is 2.19. The molecule has 8 nitrogen and oxygen atoms in total. The molecule has 2 rings (SSSR count). The van der Waals surface area contributed by atoms with Crippen LogP contribution in [0.4, 0.5) is 16.2 Å². The van der Waals surface area contributed by atoms with Gasteiger partial charge in [0.25, 0.3) is 5.69 Å². The molecule has 2 aromatic rings. The van der Waals surface area contributed by atoms with Gasteiger partial charge in [0.2, 0.25) is 0 Å². The van der Waals surface area contributed by atoms with Crippen LogP contribution in [0.1, 0.15) is 0 Å². The summed E-state index contributed by atoms with van der Waals surface area (Å²) in [5.74, 6) is 0.172. The minimum absolute atomic E-state index is 0.0897. The van der Waals surface area contributed by atoms with E-state index in [-0.39, 0.29) is 11.4 Å². The summed E-state index contributed by atoms with van der Waals surface area (Å²) in [6, 6.07) is 12.2. The van der Waals surface area contributed by atoms with E-state index < -0.39 is 11.0 Å². The Morgan fingerprint density at radius 2 is 1.78 bits per heavy atom. The number of hydrogen-bond donors (Lipinski definition) is 0. The summed E-state index contributed by atoms with van der Waals surface area (Å²) in [4.78, 5) is 21.8. The number of non-ortho nitro benzene ring substituents is 1. The minimum Gasteiger partial charge on any atom is -0.409 e. The van der Waals surface area contributed by atoms with E-state index in [9.17, 15) is 14.9 Å². The van der Waals surface area contributed by atoms with Gasteiger partial charge in [-0.3, -0.25) is 10.1 Å². The quantitative estimate of drug-likeness (QED) is 0.444. The van der Waals surface area contributed by atoms with Crippen molar-refractivity contribution in [3.8, 4) is 5.75 Å². The van der Waals surface area contributed by atoms with Crippen LogP contribution in [0, 0.1) is 10.1 Å². The second-order valence-electron chi connectivity index (χ2n) is 4.31. The zero-order valence-electron chi connectivity index (χ0n) is 11.9. The van der Waals surface area contributed by atoms with Gasteiger partial charge in [0.1, 0.15) is 5.75 Å². The molecular weight excluding hydrogens is 368 g/mol. The lowest BCUT2D eigenvalue weighted by molar-refractivity contribution is -0.384. The fourth-order valence-corrected chi connectivity index (χ4v) is 1.73. The average Bonchev–Trinajstić information content (AvgIpc) is 2.54. The fraction of sp³-hybridized carbons (Fsp3) is 0.0714. The van der Waals surface area contributed by atoms with E-state index in [0.717, 1.165) is 9.48 Å². The summed E-state index contributed by atoms with van der Waals surface area (Å²) < 4.78 is 5.93. The smallest absolute Gasteiger partial charge is 0.409 e. The van der Waals surface area contributed by atoms with Gasteiger partial charge in [-0.25, -0.2) is 4.79 Å². The number of rotatable bonds is 4. The van der Waals surface area contributed by atoms with Crippen LogP contribution in [-0.4, -0.2) is 23.1 Å². The van der Waals surface area contributed by atoms with Gasteiger partial charge in [-0.1, -0.05) is 21.2 Å². The van der Waals surface area contributed by atoms with Gasteiger partial charge in [0, 0.05) is 23.7 Å². The van der Waals surface area contributed by atoms with Gasteiger partial charge in [-0.15, -0.1) is 5.11 Å². The largest absolute Gasteiger partial charge is 0.436 e. The Morgan fingerprint density at radius 1 is 1.17 bits per heavy atom. The Labute approximate surface area is 139 Å². The number of nitrogens with zero attached hydrogens (tertiary/aromatic N) is 4. The Morgan fingerprint density at radius 3 is 2.35 bits per heavy atom. The van der Waals surface area contributed by atoms with Crippen LogP contribution >= 0.6 is 15.9 Å². The number of hydrogen-bond acceptors (Lipinski definition) is 6. The third-order valence-corrected chi connectivity index (χ3v) is 3.17. The normalized spacial score (nSPS) is 10.5. The molecule has 9 heteroatoms. The van der Waals surface area contributed by atoms with Crippen molar-refractivity contribution in [2.75, 3.05) is 7.05 Å². The Bertz CT molecular complexity index is 731. The number of amides is 1. The third kappa shape index (κ3) is 4.85. The lowest BCUT2D eigenvalue weighted by atomic mass is 10.3. The molecule has 1 amide bonds. The van der Waals surface area contributed by atoms with Gasteiger partial charge >= 0.3 is 6.09 Å². The summed E-state index contributed by atoms with van der Waals surface area (Å²) in [5, 5.41) is 19.1. The molecule has 0 aliphatic carbocycles. The van der Waals surface area contributed by atoms with Crippen LogP contribution in [0.25, 0.3) is 0 Å². The van der Waals surface area contributed by atoms with Crippen LogP contribution < -0.4 is 4.74 Å². The summed E-state index contributed by atoms with van der Waals surface area (Å²) in [6.45, 7) is 0. The van der Waals surface area contributed by atoms with Gasteiger partial charge in [-0.05, 0) is 36.4 Å². The molecule has 118 valence electrons. The zero-order chi connectivity index (χ0) is 16.8. The Balaban J connectivity index is 1.96. The number of carbonyl (C=O) groups excluding carboxylic acids is 1. The second kappa shape index (κ2) is 7.45. The molecule has 0 aliphatic rings. The Kier molecular flexibility index (Phi) is 5.36. The predicted molar refractivity (Wildman–Crippen MR) is 85.5 cm³/mol. The fourth-order valence-electron chi connectivity index (χ4n) is 1.47. The highest BCUT2D eigenvalue weighted by Gasteiger charge is 2.12. The van der Waals surface area contributed by atoms with Gasteiger partial charge in [-0.2, -0.15) is 5.01 Å². The maximum absolute atomic E-state index is 11.8. The van der Waals surface area contributed by atoms with Crippen LogP contribution in [-0.2, 0) is 0 Å². The van der Waals surface area contributed by atoms with Crippen molar-refractivity contribution in [1.82, 2.24) is 5.01 Å². The van der Waals surface area contributed by atoms with Gasteiger partial charge < -0.3 is 4.74 Å². The molecule has 0 aliphatic heterocycles. The first-order valence-electron chi connectivity index (χ1n) is 6.33. The molecule has 0 saturated carbocycles. The van der Waals surface area contributed by atoms with Crippen molar-refractivity contribution in [1.29, 1.82) is 0 Å². The summed E-state index contributed by atoms with van der Waals surface area (Å²) in [5.41, 5.74) is 0.483. The maximum Gasteiger partial charge on any atom is 0.436 e. The molecule has 0 bridgehead atoms. The number of ether oxygens (including phenoxy) is 1. The van der Waals surface area contributed by atoms with E-state index >= 15 is 0 Å². The number of benzene rings is 2. The van der Waals surface area contributed by atoms with Crippen molar-refractivity contribution in [3.63, 3.8) is 0 Å². The van der Waals surface area contributed by atoms with Crippen LogP contribution in [0.15, 0.2) is 63.3 Å². The number of carbonyl (C=O) groups is 1. The molecule has 0 fully saturated rings.